The van der Waals surface area contributed by atoms with Crippen LogP contribution in [0.1, 0.15) is 42.0 Å². The van der Waals surface area contributed by atoms with Crippen molar-refractivity contribution in [1.82, 2.24) is 0 Å². The number of nitrogens with zero attached hydrogens (tertiary/aromatic N) is 1. The number of benzene rings is 3. The van der Waals surface area contributed by atoms with Crippen LogP contribution in [0, 0.1) is 0 Å². The van der Waals surface area contributed by atoms with E-state index in [1.807, 2.05) is 0 Å². The lowest BCUT2D eigenvalue weighted by Gasteiger charge is -2.26. The van der Waals surface area contributed by atoms with Crippen LogP contribution in [0.3, 0.4) is 0 Å². The molecular weight excluding hydrogens is 358 g/mol. The zero-order valence-electron chi connectivity index (χ0n) is 16.4. The van der Waals surface area contributed by atoms with Crippen molar-refractivity contribution < 1.29 is 9.90 Å². The Hall–Kier alpha value is -3.33. The van der Waals surface area contributed by atoms with Gasteiger partial charge in [-0.1, -0.05) is 72.8 Å². The monoisotopic (exact) mass is 383 g/mol. The molecule has 0 spiro atoms. The highest BCUT2D eigenvalue weighted by molar-refractivity contribution is 5.74. The van der Waals surface area contributed by atoms with E-state index >= 15 is 0 Å². The van der Waals surface area contributed by atoms with Crippen molar-refractivity contribution in [2.24, 2.45) is 0 Å². The fourth-order valence-corrected chi connectivity index (χ4v) is 3.95. The minimum absolute atomic E-state index is 0.215. The van der Waals surface area contributed by atoms with Gasteiger partial charge in [0.1, 0.15) is 0 Å². The molecule has 0 saturated carbocycles. The fourth-order valence-electron chi connectivity index (χ4n) is 3.95. The van der Waals surface area contributed by atoms with Gasteiger partial charge >= 0.3 is 5.97 Å². The number of carboxylic acid groups (broad SMARTS) is 1. The molecule has 1 atom stereocenters. The van der Waals surface area contributed by atoms with Gasteiger partial charge in [-0.3, -0.25) is 4.79 Å². The summed E-state index contributed by atoms with van der Waals surface area (Å²) >= 11 is 0. The van der Waals surface area contributed by atoms with Crippen LogP contribution in [0.5, 0.6) is 0 Å². The molecule has 0 fully saturated rings. The van der Waals surface area contributed by atoms with Crippen molar-refractivity contribution in [2.75, 3.05) is 4.90 Å². The maximum atomic E-state index is 10.7. The molecule has 1 aliphatic heterocycles. The van der Waals surface area contributed by atoms with Crippen LogP contribution in [-0.2, 0) is 11.2 Å². The highest BCUT2D eigenvalue weighted by atomic mass is 16.4. The lowest BCUT2D eigenvalue weighted by atomic mass is 9.98. The molecule has 1 N–H and O–H groups in total. The third kappa shape index (κ3) is 4.57. The maximum absolute atomic E-state index is 10.7. The van der Waals surface area contributed by atoms with E-state index in [9.17, 15) is 4.79 Å². The number of aryl methyl sites for hydroxylation is 1. The fraction of sp³-hybridized carbons (Fsp3) is 0.192. The van der Waals surface area contributed by atoms with Gasteiger partial charge in [0.05, 0.1) is 6.04 Å². The average Bonchev–Trinajstić information content (AvgIpc) is 3.21. The smallest absolute Gasteiger partial charge is 0.303 e. The molecule has 3 aromatic rings. The molecule has 0 saturated heterocycles. The summed E-state index contributed by atoms with van der Waals surface area (Å²) in [6, 6.07) is 30.0. The predicted octanol–water partition coefficient (Wildman–Crippen LogP) is 6.09. The largest absolute Gasteiger partial charge is 0.481 e. The topological polar surface area (TPSA) is 40.5 Å². The Morgan fingerprint density at radius 3 is 2.21 bits per heavy atom. The minimum atomic E-state index is -0.733. The maximum Gasteiger partial charge on any atom is 0.303 e. The molecule has 0 bridgehead atoms. The Kier molecular flexibility index (Phi) is 5.76. The summed E-state index contributed by atoms with van der Waals surface area (Å²) in [5, 5.41) is 8.82. The molecule has 3 heteroatoms. The normalized spacial score (nSPS) is 15.9. The molecule has 4 rings (SSSR count). The molecule has 1 aliphatic rings. The van der Waals surface area contributed by atoms with Gasteiger partial charge in [0, 0.05) is 18.3 Å². The molecule has 0 radical (unpaired) electrons. The van der Waals surface area contributed by atoms with Crippen molar-refractivity contribution >= 4 is 17.2 Å². The van der Waals surface area contributed by atoms with Crippen LogP contribution >= 0.6 is 0 Å². The Morgan fingerprint density at radius 2 is 1.55 bits per heavy atom. The number of rotatable bonds is 7. The Balaban J connectivity index is 1.59. The van der Waals surface area contributed by atoms with Crippen molar-refractivity contribution in [2.45, 2.75) is 31.7 Å². The average molecular weight is 383 g/mol. The van der Waals surface area contributed by atoms with Crippen LogP contribution in [0.25, 0.3) is 5.57 Å². The van der Waals surface area contributed by atoms with Gasteiger partial charge in [-0.2, -0.15) is 0 Å². The molecule has 146 valence electrons. The second kappa shape index (κ2) is 8.78. The van der Waals surface area contributed by atoms with Gasteiger partial charge in [-0.05, 0) is 53.7 Å². The standard InChI is InChI=1S/C26H25NO2/c28-26(29)13-7-8-20-14-16-24(17-15-20)27-19-23(21-9-3-1-4-10-21)18-25(27)22-11-5-2-6-12-22/h1-6,9-12,14-17,19,25H,7-8,13,18H2,(H,28,29). The number of aliphatic carboxylic acids is 1. The second-order valence-corrected chi connectivity index (χ2v) is 7.47. The lowest BCUT2D eigenvalue weighted by Crippen LogP contribution is -2.18. The summed E-state index contributed by atoms with van der Waals surface area (Å²) in [6.45, 7) is 0. The second-order valence-electron chi connectivity index (χ2n) is 7.47. The first-order valence-corrected chi connectivity index (χ1v) is 10.1. The first-order valence-electron chi connectivity index (χ1n) is 10.1. The summed E-state index contributed by atoms with van der Waals surface area (Å²) in [5.41, 5.74) is 6.25. The number of anilines is 1. The zero-order chi connectivity index (χ0) is 20.1. The van der Waals surface area contributed by atoms with E-state index in [4.69, 9.17) is 5.11 Å². The van der Waals surface area contributed by atoms with Crippen molar-refractivity contribution in [3.8, 4) is 0 Å². The summed E-state index contributed by atoms with van der Waals surface area (Å²) in [4.78, 5) is 13.1. The van der Waals surface area contributed by atoms with Gasteiger partial charge in [-0.25, -0.2) is 0 Å². The molecule has 0 aromatic heterocycles. The Labute approximate surface area is 171 Å². The number of hydrogen-bond acceptors (Lipinski definition) is 2. The zero-order valence-corrected chi connectivity index (χ0v) is 16.4. The SMILES string of the molecule is O=C(O)CCCc1ccc(N2C=C(c3ccccc3)CC2c2ccccc2)cc1. The van der Waals surface area contributed by atoms with Gasteiger partial charge < -0.3 is 10.0 Å². The summed E-state index contributed by atoms with van der Waals surface area (Å²) in [6.07, 6.45) is 4.91. The Morgan fingerprint density at radius 1 is 0.897 bits per heavy atom. The number of carbonyl (C=O) groups is 1. The van der Waals surface area contributed by atoms with Gasteiger partial charge in [0.25, 0.3) is 0 Å². The van der Waals surface area contributed by atoms with E-state index in [0.717, 1.165) is 18.5 Å². The molecular formula is C26H25NO2. The van der Waals surface area contributed by atoms with Gasteiger partial charge in [-0.15, -0.1) is 0 Å². The van der Waals surface area contributed by atoms with Gasteiger partial charge in [0.2, 0.25) is 0 Å². The highest BCUT2D eigenvalue weighted by Gasteiger charge is 2.27. The highest BCUT2D eigenvalue weighted by Crippen LogP contribution is 2.41. The van der Waals surface area contributed by atoms with Crippen molar-refractivity contribution in [3.05, 3.63) is 108 Å². The Bertz CT molecular complexity index is 978. The first kappa shape index (κ1) is 19.0. The van der Waals surface area contributed by atoms with Gasteiger partial charge in [0.15, 0.2) is 0 Å². The van der Waals surface area contributed by atoms with Crippen LogP contribution in [0.4, 0.5) is 5.69 Å². The molecule has 0 amide bonds. The predicted molar refractivity (Wildman–Crippen MR) is 118 cm³/mol. The van der Waals surface area contributed by atoms with Crippen LogP contribution in [0.15, 0.2) is 91.1 Å². The molecule has 1 unspecified atom stereocenters. The first-order chi connectivity index (χ1) is 14.2. The van der Waals surface area contributed by atoms with Crippen molar-refractivity contribution in [1.29, 1.82) is 0 Å². The molecule has 3 nitrogen and oxygen atoms in total. The molecule has 3 aromatic carbocycles. The third-order valence-corrected chi connectivity index (χ3v) is 5.46. The van der Waals surface area contributed by atoms with E-state index in [1.54, 1.807) is 0 Å². The third-order valence-electron chi connectivity index (χ3n) is 5.46. The molecule has 0 aliphatic carbocycles. The summed E-state index contributed by atoms with van der Waals surface area (Å²) < 4.78 is 0. The summed E-state index contributed by atoms with van der Waals surface area (Å²) in [5.74, 6) is -0.733. The molecule has 29 heavy (non-hydrogen) atoms. The van der Waals surface area contributed by atoms with E-state index in [1.165, 1.54) is 22.3 Å². The van der Waals surface area contributed by atoms with Crippen molar-refractivity contribution in [3.63, 3.8) is 0 Å². The molecule has 1 heterocycles. The minimum Gasteiger partial charge on any atom is -0.481 e. The summed E-state index contributed by atoms with van der Waals surface area (Å²) in [7, 11) is 0. The number of hydrogen-bond donors (Lipinski definition) is 1. The van der Waals surface area contributed by atoms with E-state index in [0.29, 0.717) is 6.42 Å². The van der Waals surface area contributed by atoms with Crippen LogP contribution in [-0.4, -0.2) is 11.1 Å². The van der Waals surface area contributed by atoms with E-state index in [-0.39, 0.29) is 12.5 Å². The quantitative estimate of drug-likeness (QED) is 0.537. The lowest BCUT2D eigenvalue weighted by molar-refractivity contribution is -0.137. The number of carboxylic acids is 1. The van der Waals surface area contributed by atoms with Crippen LogP contribution in [0.2, 0.25) is 0 Å². The van der Waals surface area contributed by atoms with E-state index < -0.39 is 5.97 Å². The van der Waals surface area contributed by atoms with Crippen LogP contribution < -0.4 is 4.90 Å². The van der Waals surface area contributed by atoms with E-state index in [2.05, 4.69) is 96.0 Å².